The quantitative estimate of drug-likeness (QED) is 0.0687. The van der Waals surface area contributed by atoms with Gasteiger partial charge in [-0.15, -0.1) is 0 Å². The third-order valence-electron chi connectivity index (χ3n) is 7.87. The Labute approximate surface area is 302 Å². The maximum atomic E-state index is 12.7. The topological polar surface area (TPSA) is 198 Å². The minimum Gasteiger partial charge on any atom is -0.478 e. The lowest BCUT2D eigenvalue weighted by Crippen LogP contribution is -2.39. The molecule has 2 unspecified atom stereocenters. The number of aliphatic carboxylic acids is 1. The minimum absolute atomic E-state index is 0.131. The molecule has 16 nitrogen and oxygen atoms in total. The highest BCUT2D eigenvalue weighted by atomic mass is 16.6. The summed E-state index contributed by atoms with van der Waals surface area (Å²) in [5.41, 5.74) is 0.489. The van der Waals surface area contributed by atoms with E-state index in [2.05, 4.69) is 16.0 Å². The number of carboxylic acids is 1. The van der Waals surface area contributed by atoms with Crippen molar-refractivity contribution in [3.05, 3.63) is 11.1 Å². The van der Waals surface area contributed by atoms with Crippen LogP contribution in [0.5, 0.6) is 0 Å². The van der Waals surface area contributed by atoms with E-state index in [0.29, 0.717) is 137 Å². The van der Waals surface area contributed by atoms with Crippen LogP contribution in [0.15, 0.2) is 11.1 Å². The van der Waals surface area contributed by atoms with Crippen molar-refractivity contribution in [2.45, 2.75) is 52.4 Å². The molecule has 0 spiro atoms. The van der Waals surface area contributed by atoms with Crippen LogP contribution in [0.25, 0.3) is 0 Å². The molecule has 1 rings (SSSR count). The number of hydrogen-bond acceptors (Lipinski definition) is 12. The van der Waals surface area contributed by atoms with Crippen molar-refractivity contribution < 1.29 is 62.2 Å². The zero-order valence-electron chi connectivity index (χ0n) is 31.0. The normalized spacial score (nSPS) is 14.3. The van der Waals surface area contributed by atoms with E-state index in [0.717, 1.165) is 12.8 Å². The Morgan fingerprint density at radius 3 is 1.45 bits per heavy atom. The number of amides is 3. The van der Waals surface area contributed by atoms with Gasteiger partial charge in [0.15, 0.2) is 0 Å². The van der Waals surface area contributed by atoms with Crippen molar-refractivity contribution in [3.63, 3.8) is 0 Å². The SMILES string of the molecule is CCC(CC(C)C(=O)NCCNC(=O)C1=C(C(=O)O)CCCC1)C(=O)NCCOCCOCCOCCOCCOCCOCCOCCOC. The summed E-state index contributed by atoms with van der Waals surface area (Å²) in [7, 11) is 1.63. The van der Waals surface area contributed by atoms with Crippen molar-refractivity contribution in [1.29, 1.82) is 0 Å². The minimum atomic E-state index is -1.06. The number of carbonyl (C=O) groups excluding carboxylic acids is 3. The second-order valence-corrected chi connectivity index (χ2v) is 11.8. The fourth-order valence-corrected chi connectivity index (χ4v) is 4.98. The van der Waals surface area contributed by atoms with Crippen LogP contribution in [0, 0.1) is 11.8 Å². The summed E-state index contributed by atoms with van der Waals surface area (Å²) < 4.78 is 43.0. The van der Waals surface area contributed by atoms with Crippen LogP contribution in [-0.2, 0) is 57.1 Å². The maximum Gasteiger partial charge on any atom is 0.332 e. The number of methoxy groups -OCH3 is 1. The van der Waals surface area contributed by atoms with Gasteiger partial charge >= 0.3 is 5.97 Å². The van der Waals surface area contributed by atoms with Crippen LogP contribution < -0.4 is 16.0 Å². The monoisotopic (exact) mass is 733 g/mol. The molecular weight excluding hydrogens is 670 g/mol. The Balaban J connectivity index is 1.96. The second kappa shape index (κ2) is 32.0. The molecule has 0 aromatic heterocycles. The highest BCUT2D eigenvalue weighted by molar-refractivity contribution is 6.02. The highest BCUT2D eigenvalue weighted by Crippen LogP contribution is 2.25. The molecular formula is C35H63N3O13. The van der Waals surface area contributed by atoms with Crippen LogP contribution in [-0.4, -0.2) is 155 Å². The van der Waals surface area contributed by atoms with Crippen LogP contribution >= 0.6 is 0 Å². The van der Waals surface area contributed by atoms with E-state index < -0.39 is 17.8 Å². The first-order valence-electron chi connectivity index (χ1n) is 18.1. The average Bonchev–Trinajstić information content (AvgIpc) is 3.13. The molecule has 1 aliphatic carbocycles. The molecule has 0 fully saturated rings. The molecule has 0 heterocycles. The molecule has 16 heteroatoms. The van der Waals surface area contributed by atoms with Gasteiger partial charge in [-0.25, -0.2) is 4.79 Å². The van der Waals surface area contributed by atoms with Gasteiger partial charge in [0.1, 0.15) is 0 Å². The highest BCUT2D eigenvalue weighted by Gasteiger charge is 2.24. The summed E-state index contributed by atoms with van der Waals surface area (Å²) in [6, 6.07) is 0. The van der Waals surface area contributed by atoms with Crippen molar-refractivity contribution >= 4 is 23.7 Å². The van der Waals surface area contributed by atoms with Crippen LogP contribution in [0.1, 0.15) is 52.4 Å². The molecule has 0 saturated heterocycles. The van der Waals surface area contributed by atoms with Crippen LogP contribution in [0.2, 0.25) is 0 Å². The molecule has 4 N–H and O–H groups in total. The fraction of sp³-hybridized carbons (Fsp3) is 0.829. The fourth-order valence-electron chi connectivity index (χ4n) is 4.98. The first-order chi connectivity index (χ1) is 24.8. The van der Waals surface area contributed by atoms with Crippen molar-refractivity contribution in [2.24, 2.45) is 11.8 Å². The Morgan fingerprint density at radius 1 is 0.588 bits per heavy atom. The van der Waals surface area contributed by atoms with Crippen LogP contribution in [0.4, 0.5) is 0 Å². The lowest BCUT2D eigenvalue weighted by Gasteiger charge is -2.20. The molecule has 0 aromatic rings. The Morgan fingerprint density at radius 2 is 1.00 bits per heavy atom. The first-order valence-corrected chi connectivity index (χ1v) is 18.1. The van der Waals surface area contributed by atoms with E-state index in [9.17, 15) is 24.3 Å². The van der Waals surface area contributed by atoms with Crippen molar-refractivity contribution in [2.75, 3.05) is 126 Å². The van der Waals surface area contributed by atoms with E-state index in [1.165, 1.54) is 0 Å². The third-order valence-corrected chi connectivity index (χ3v) is 7.87. The molecule has 3 amide bonds. The van der Waals surface area contributed by atoms with E-state index in [1.54, 1.807) is 14.0 Å². The molecule has 0 bridgehead atoms. The van der Waals surface area contributed by atoms with Gasteiger partial charge in [0, 0.05) is 49.7 Å². The number of hydrogen-bond donors (Lipinski definition) is 4. The summed E-state index contributed by atoms with van der Waals surface area (Å²) in [4.78, 5) is 49.1. The van der Waals surface area contributed by atoms with E-state index in [4.69, 9.17) is 37.9 Å². The molecule has 0 radical (unpaired) electrons. The van der Waals surface area contributed by atoms with Gasteiger partial charge < -0.3 is 59.0 Å². The number of carboxylic acid groups (broad SMARTS) is 1. The number of rotatable bonds is 34. The molecule has 0 saturated carbocycles. The largest absolute Gasteiger partial charge is 0.478 e. The average molecular weight is 734 g/mol. The zero-order chi connectivity index (χ0) is 37.4. The van der Waals surface area contributed by atoms with Crippen molar-refractivity contribution in [3.8, 4) is 0 Å². The summed E-state index contributed by atoms with van der Waals surface area (Å²) >= 11 is 0. The maximum absolute atomic E-state index is 12.7. The Kier molecular flexibility index (Phi) is 29.1. The van der Waals surface area contributed by atoms with Crippen molar-refractivity contribution in [1.82, 2.24) is 16.0 Å². The smallest absolute Gasteiger partial charge is 0.332 e. The lowest BCUT2D eigenvalue weighted by molar-refractivity contribution is -0.133. The van der Waals surface area contributed by atoms with E-state index >= 15 is 0 Å². The van der Waals surface area contributed by atoms with E-state index in [1.807, 2.05) is 6.92 Å². The third kappa shape index (κ3) is 24.2. The van der Waals surface area contributed by atoms with Crippen LogP contribution in [0.3, 0.4) is 0 Å². The molecule has 51 heavy (non-hydrogen) atoms. The number of carbonyl (C=O) groups is 4. The standard InChI is InChI=1S/C35H63N3O13/c1-4-29(27-28(2)32(39)36-9-10-37-34(41)30-7-5-6-8-31(30)35(42)43)33(40)38-11-12-45-15-16-47-19-20-49-23-24-51-26-25-50-22-21-48-18-17-46-14-13-44-3/h28-29H,4-27H2,1-3H3,(H,36,39)(H,37,41)(H,38,40)(H,42,43). The Hall–Kier alpha value is -2.70. The summed E-state index contributed by atoms with van der Waals surface area (Å²) in [5.74, 6) is -2.52. The summed E-state index contributed by atoms with van der Waals surface area (Å²) in [6.07, 6.45) is 3.34. The number of ether oxygens (including phenoxy) is 8. The predicted molar refractivity (Wildman–Crippen MR) is 187 cm³/mol. The molecule has 0 aromatic carbocycles. The van der Waals surface area contributed by atoms with Gasteiger partial charge in [-0.2, -0.15) is 0 Å². The van der Waals surface area contributed by atoms with Gasteiger partial charge in [-0.1, -0.05) is 13.8 Å². The van der Waals surface area contributed by atoms with E-state index in [-0.39, 0.29) is 36.4 Å². The zero-order valence-corrected chi connectivity index (χ0v) is 31.0. The van der Waals surface area contributed by atoms with Gasteiger partial charge in [0.2, 0.25) is 17.7 Å². The second-order valence-electron chi connectivity index (χ2n) is 11.8. The molecule has 2 atom stereocenters. The first kappa shape index (κ1) is 46.3. The molecule has 296 valence electrons. The molecule has 0 aliphatic heterocycles. The van der Waals surface area contributed by atoms with Gasteiger partial charge in [-0.3, -0.25) is 14.4 Å². The lowest BCUT2D eigenvalue weighted by atomic mass is 9.91. The van der Waals surface area contributed by atoms with Gasteiger partial charge in [-0.05, 0) is 38.5 Å². The van der Waals surface area contributed by atoms with Gasteiger partial charge in [0.25, 0.3) is 0 Å². The van der Waals surface area contributed by atoms with Gasteiger partial charge in [0.05, 0.1) is 99.1 Å². The predicted octanol–water partition coefficient (Wildman–Crippen LogP) is 1.11. The summed E-state index contributed by atoms with van der Waals surface area (Å²) in [5, 5.41) is 17.7. The number of nitrogens with one attached hydrogen (secondary N) is 3. The summed E-state index contributed by atoms with van der Waals surface area (Å²) in [6.45, 7) is 11.5. The Bertz CT molecular complexity index is 983. The molecule has 1 aliphatic rings.